The predicted molar refractivity (Wildman–Crippen MR) is 197 cm³/mol. The van der Waals surface area contributed by atoms with E-state index >= 15 is 0 Å². The van der Waals surface area contributed by atoms with Crippen molar-refractivity contribution in [2.75, 3.05) is 14.2 Å². The Bertz CT molecular complexity index is 1900. The number of carbonyl (C=O) groups excluding carboxylic acids is 5. The maximum Gasteiger partial charge on any atom is 0.183 e. The van der Waals surface area contributed by atoms with Crippen LogP contribution in [0.25, 0.3) is 0 Å². The number of carbonyl (C=O) groups is 5. The van der Waals surface area contributed by atoms with Gasteiger partial charge in [0.05, 0.1) is 25.0 Å². The van der Waals surface area contributed by atoms with Gasteiger partial charge in [0, 0.05) is 40.0 Å². The lowest BCUT2D eigenvalue weighted by molar-refractivity contribution is -0.147. The summed E-state index contributed by atoms with van der Waals surface area (Å²) in [4.78, 5) is 70.5. The van der Waals surface area contributed by atoms with E-state index in [2.05, 4.69) is 0 Å². The number of allylic oxidation sites excluding steroid dienone is 2. The Kier molecular flexibility index (Phi) is 12.5. The summed E-state index contributed by atoms with van der Waals surface area (Å²) in [6, 6.07) is 0. The van der Waals surface area contributed by atoms with E-state index in [4.69, 9.17) is 9.47 Å². The quantitative estimate of drug-likeness (QED) is 0.0713. The molecule has 0 saturated carbocycles. The summed E-state index contributed by atoms with van der Waals surface area (Å²) in [5.41, 5.74) is -6.13. The lowest BCUT2D eigenvalue weighted by Gasteiger charge is -2.42. The Morgan fingerprint density at radius 3 is 1.28 bits per heavy atom. The smallest absolute Gasteiger partial charge is 0.183 e. The van der Waals surface area contributed by atoms with E-state index in [0.29, 0.717) is 12.8 Å². The summed E-state index contributed by atoms with van der Waals surface area (Å²) in [6.07, 6.45) is -0.313. The highest BCUT2D eigenvalue weighted by Crippen LogP contribution is 2.54. The van der Waals surface area contributed by atoms with Crippen LogP contribution in [0.3, 0.4) is 0 Å². The number of benzene rings is 2. The van der Waals surface area contributed by atoms with Crippen molar-refractivity contribution in [2.24, 2.45) is 28.6 Å². The molecular formula is C41H54O12. The highest BCUT2D eigenvalue weighted by atomic mass is 16.5. The van der Waals surface area contributed by atoms with Gasteiger partial charge in [0.2, 0.25) is 0 Å². The molecule has 0 bridgehead atoms. The Morgan fingerprint density at radius 1 is 0.604 bits per heavy atom. The molecule has 0 spiro atoms. The zero-order valence-electron chi connectivity index (χ0n) is 32.9. The van der Waals surface area contributed by atoms with Crippen LogP contribution in [0, 0.1) is 42.4 Å². The minimum atomic E-state index is -2.27. The zero-order valence-corrected chi connectivity index (χ0v) is 32.9. The van der Waals surface area contributed by atoms with Gasteiger partial charge in [-0.3, -0.25) is 24.0 Å². The summed E-state index contributed by atoms with van der Waals surface area (Å²) < 4.78 is 10.9. The van der Waals surface area contributed by atoms with Crippen LogP contribution in [0.4, 0.5) is 0 Å². The van der Waals surface area contributed by atoms with Crippen LogP contribution in [0.15, 0.2) is 11.3 Å². The van der Waals surface area contributed by atoms with Gasteiger partial charge in [-0.1, -0.05) is 41.5 Å². The molecule has 0 aromatic heterocycles. The van der Waals surface area contributed by atoms with Crippen LogP contribution in [0.1, 0.15) is 118 Å². The molecular weight excluding hydrogens is 684 g/mol. The second-order valence-electron chi connectivity index (χ2n) is 14.8. The SMILES string of the molecule is CCC(C)C(=O)C1=C(O)C(C)(Cc2c(O)c(C)c(OC)c(C(=O)C(C)CC)c2O)C(=O)C(C)(Cc2c(O)c(C)c(OC)c(C(=O)C(C)CC)c2O)C1=O. The normalized spacial score (nSPS) is 20.6. The van der Waals surface area contributed by atoms with E-state index in [1.54, 1.807) is 41.5 Å². The van der Waals surface area contributed by atoms with Crippen LogP contribution >= 0.6 is 0 Å². The van der Waals surface area contributed by atoms with E-state index in [-0.39, 0.29) is 51.3 Å². The number of hydrogen-bond donors (Lipinski definition) is 5. The highest BCUT2D eigenvalue weighted by Gasteiger charge is 2.60. The van der Waals surface area contributed by atoms with Gasteiger partial charge in [-0.25, -0.2) is 0 Å². The number of ketones is 5. The van der Waals surface area contributed by atoms with Gasteiger partial charge in [0.25, 0.3) is 0 Å². The summed E-state index contributed by atoms with van der Waals surface area (Å²) in [5, 5.41) is 58.0. The fourth-order valence-electron chi connectivity index (χ4n) is 7.12. The van der Waals surface area contributed by atoms with Crippen LogP contribution in [-0.4, -0.2) is 68.7 Å². The van der Waals surface area contributed by atoms with E-state index < -0.39 is 105 Å². The maximum atomic E-state index is 15.0. The molecule has 5 N–H and O–H groups in total. The number of Topliss-reactive ketones (excluding diaryl/α,β-unsaturated/α-hetero) is 5. The molecule has 3 rings (SSSR count). The highest BCUT2D eigenvalue weighted by molar-refractivity contribution is 6.31. The van der Waals surface area contributed by atoms with Gasteiger partial charge in [0.1, 0.15) is 57.0 Å². The number of aromatic hydroxyl groups is 4. The largest absolute Gasteiger partial charge is 0.510 e. The van der Waals surface area contributed by atoms with Gasteiger partial charge in [0.15, 0.2) is 28.9 Å². The van der Waals surface area contributed by atoms with Crippen molar-refractivity contribution in [1.29, 1.82) is 0 Å². The lowest BCUT2D eigenvalue weighted by Crippen LogP contribution is -2.55. The van der Waals surface area contributed by atoms with Crippen molar-refractivity contribution in [2.45, 2.75) is 101 Å². The second kappa shape index (κ2) is 15.6. The average Bonchev–Trinajstić information content (AvgIpc) is 3.14. The van der Waals surface area contributed by atoms with E-state index in [0.717, 1.165) is 0 Å². The van der Waals surface area contributed by atoms with Gasteiger partial charge in [-0.2, -0.15) is 0 Å². The van der Waals surface area contributed by atoms with Crippen molar-refractivity contribution >= 4 is 28.9 Å². The Balaban J connectivity index is 2.45. The number of methoxy groups -OCH3 is 2. The molecule has 0 fully saturated rings. The first kappa shape index (κ1) is 42.5. The number of ether oxygens (including phenoxy) is 2. The molecule has 0 saturated heterocycles. The molecule has 0 amide bonds. The average molecular weight is 739 g/mol. The maximum absolute atomic E-state index is 15.0. The van der Waals surface area contributed by atoms with Crippen LogP contribution in [0.2, 0.25) is 0 Å². The molecule has 2 aromatic carbocycles. The lowest BCUT2D eigenvalue weighted by atomic mass is 9.57. The fraction of sp³-hybridized carbons (Fsp3) is 0.537. The molecule has 5 unspecified atom stereocenters. The molecule has 12 nitrogen and oxygen atoms in total. The standard InChI is InChI=1S/C41H54O12/c1-13-18(4)28(42)25-33(47)23(31(45)21(7)35(25)52-11)16-40(9)37(49)27(30(44)20(6)15-3)38(50)41(10,39(40)51)17-24-32(46)22(8)36(53-12)26(34(24)48)29(43)19(5)14-2/h18-20,45-49H,13-17H2,1-12H3. The molecule has 1 aliphatic carbocycles. The summed E-state index contributed by atoms with van der Waals surface area (Å²) >= 11 is 0. The molecule has 290 valence electrons. The Labute approximate surface area is 310 Å². The van der Waals surface area contributed by atoms with Crippen molar-refractivity contribution < 1.29 is 59.0 Å². The summed E-state index contributed by atoms with van der Waals surface area (Å²) in [5.74, 6) is -9.28. The van der Waals surface area contributed by atoms with Crippen molar-refractivity contribution in [3.8, 4) is 34.5 Å². The molecule has 5 atom stereocenters. The monoisotopic (exact) mass is 738 g/mol. The fourth-order valence-corrected chi connectivity index (χ4v) is 7.12. The number of phenols is 4. The van der Waals surface area contributed by atoms with Crippen LogP contribution in [0.5, 0.6) is 34.5 Å². The van der Waals surface area contributed by atoms with Gasteiger partial charge in [-0.15, -0.1) is 0 Å². The molecule has 0 radical (unpaired) electrons. The Morgan fingerprint density at radius 2 is 0.943 bits per heavy atom. The third-order valence-electron chi connectivity index (χ3n) is 11.3. The third kappa shape index (κ3) is 6.76. The number of hydrogen-bond acceptors (Lipinski definition) is 12. The molecule has 0 heterocycles. The number of phenolic OH excluding ortho intramolecular Hbond substituents is 4. The van der Waals surface area contributed by atoms with Crippen LogP contribution in [-0.2, 0) is 27.2 Å². The van der Waals surface area contributed by atoms with Crippen molar-refractivity contribution in [3.05, 3.63) is 44.7 Å². The number of aliphatic hydroxyl groups excluding tert-OH is 1. The predicted octanol–water partition coefficient (Wildman–Crippen LogP) is 6.98. The first-order valence-corrected chi connectivity index (χ1v) is 18.0. The summed E-state index contributed by atoms with van der Waals surface area (Å²) in [6.45, 7) is 15.5. The molecule has 53 heavy (non-hydrogen) atoms. The Hall–Kier alpha value is -4.87. The minimum Gasteiger partial charge on any atom is -0.510 e. The van der Waals surface area contributed by atoms with Crippen molar-refractivity contribution in [1.82, 2.24) is 0 Å². The zero-order chi connectivity index (χ0) is 40.7. The van der Waals surface area contributed by atoms with E-state index in [1.807, 2.05) is 0 Å². The molecule has 2 aromatic rings. The molecule has 0 aliphatic heterocycles. The van der Waals surface area contributed by atoms with Gasteiger partial charge in [-0.05, 0) is 59.8 Å². The number of rotatable bonds is 15. The van der Waals surface area contributed by atoms with E-state index in [1.165, 1.54) is 41.9 Å². The van der Waals surface area contributed by atoms with Crippen LogP contribution < -0.4 is 9.47 Å². The first-order chi connectivity index (χ1) is 24.6. The third-order valence-corrected chi connectivity index (χ3v) is 11.3. The first-order valence-electron chi connectivity index (χ1n) is 18.0. The topological polar surface area (TPSA) is 205 Å². The summed E-state index contributed by atoms with van der Waals surface area (Å²) in [7, 11) is 2.54. The number of aliphatic hydroxyl groups is 1. The molecule has 12 heteroatoms. The minimum absolute atomic E-state index is 0.0605. The molecule has 1 aliphatic rings. The van der Waals surface area contributed by atoms with Gasteiger partial charge < -0.3 is 35.0 Å². The van der Waals surface area contributed by atoms with E-state index in [9.17, 15) is 49.5 Å². The van der Waals surface area contributed by atoms with Crippen molar-refractivity contribution in [3.63, 3.8) is 0 Å². The second-order valence-corrected chi connectivity index (χ2v) is 14.8. The van der Waals surface area contributed by atoms with Gasteiger partial charge >= 0.3 is 0 Å².